The van der Waals surface area contributed by atoms with Crippen molar-refractivity contribution in [2.24, 2.45) is 0 Å². The number of hydrogen-bond donors (Lipinski definition) is 1. The lowest BCUT2D eigenvalue weighted by Gasteiger charge is -2.21. The molecule has 0 amide bonds. The Morgan fingerprint density at radius 2 is 1.90 bits per heavy atom. The smallest absolute Gasteiger partial charge is 0.216 e. The van der Waals surface area contributed by atoms with E-state index in [2.05, 4.69) is 49.6 Å². The number of piperidine rings is 1. The third-order valence-corrected chi connectivity index (χ3v) is 4.77. The number of benzene rings is 1. The van der Waals surface area contributed by atoms with Gasteiger partial charge < -0.3 is 5.32 Å². The van der Waals surface area contributed by atoms with Gasteiger partial charge in [-0.15, -0.1) is 21.5 Å². The lowest BCUT2D eigenvalue weighted by atomic mass is 9.97. The predicted octanol–water partition coefficient (Wildman–Crippen LogP) is 2.92. The largest absolute Gasteiger partial charge is 0.317 e. The molecule has 0 atom stereocenters. The summed E-state index contributed by atoms with van der Waals surface area (Å²) in [6, 6.07) is 10.5. The van der Waals surface area contributed by atoms with Gasteiger partial charge >= 0.3 is 0 Å². The fourth-order valence-corrected chi connectivity index (χ4v) is 3.74. The molecule has 0 unspecified atom stereocenters. The summed E-state index contributed by atoms with van der Waals surface area (Å²) >= 11 is 1.67. The second kappa shape index (κ2) is 5.00. The van der Waals surface area contributed by atoms with Crippen LogP contribution < -0.4 is 5.32 Å². The Hall–Kier alpha value is -1.72. The van der Waals surface area contributed by atoms with Crippen LogP contribution >= 0.6 is 11.3 Å². The van der Waals surface area contributed by atoms with Gasteiger partial charge in [-0.05, 0) is 31.5 Å². The van der Waals surface area contributed by atoms with E-state index in [1.807, 2.05) is 6.07 Å². The summed E-state index contributed by atoms with van der Waals surface area (Å²) in [7, 11) is 0. The third-order valence-electron chi connectivity index (χ3n) is 3.95. The topological polar surface area (TPSA) is 42.2 Å². The first kappa shape index (κ1) is 12.1. The first-order valence-corrected chi connectivity index (χ1v) is 7.90. The minimum Gasteiger partial charge on any atom is -0.317 e. The Balaban J connectivity index is 1.84. The minimum absolute atomic E-state index is 0.517. The van der Waals surface area contributed by atoms with Crippen LogP contribution in [0.3, 0.4) is 0 Å². The van der Waals surface area contributed by atoms with Gasteiger partial charge in [0.2, 0.25) is 4.96 Å². The number of rotatable bonds is 2. The van der Waals surface area contributed by atoms with Crippen LogP contribution in [0.4, 0.5) is 0 Å². The van der Waals surface area contributed by atoms with E-state index in [9.17, 15) is 0 Å². The predicted molar refractivity (Wildman–Crippen MR) is 81.1 cm³/mol. The summed E-state index contributed by atoms with van der Waals surface area (Å²) < 4.78 is 2.25. The molecule has 1 aliphatic heterocycles. The molecule has 3 aromatic rings. The number of nitrogens with one attached hydrogen (secondary N) is 1. The first-order chi connectivity index (χ1) is 9.93. The van der Waals surface area contributed by atoms with Crippen molar-refractivity contribution in [1.82, 2.24) is 19.9 Å². The van der Waals surface area contributed by atoms with Crippen molar-refractivity contribution in [3.8, 4) is 11.3 Å². The summed E-state index contributed by atoms with van der Waals surface area (Å²) in [5.74, 6) is 1.64. The minimum atomic E-state index is 0.517. The highest BCUT2D eigenvalue weighted by Gasteiger charge is 2.23. The Morgan fingerprint density at radius 3 is 2.70 bits per heavy atom. The maximum Gasteiger partial charge on any atom is 0.216 e. The van der Waals surface area contributed by atoms with Gasteiger partial charge in [-0.3, -0.25) is 4.40 Å². The first-order valence-electron chi connectivity index (χ1n) is 7.02. The average Bonchev–Trinajstić information content (AvgIpc) is 3.10. The van der Waals surface area contributed by atoms with Gasteiger partial charge in [0.05, 0.1) is 5.69 Å². The number of fused-ring (bicyclic) bond motifs is 1. The van der Waals surface area contributed by atoms with E-state index in [4.69, 9.17) is 0 Å². The van der Waals surface area contributed by atoms with Crippen molar-refractivity contribution in [3.63, 3.8) is 0 Å². The molecule has 4 rings (SSSR count). The van der Waals surface area contributed by atoms with Crippen molar-refractivity contribution in [3.05, 3.63) is 41.5 Å². The number of hydrogen-bond acceptors (Lipinski definition) is 4. The highest BCUT2D eigenvalue weighted by molar-refractivity contribution is 7.15. The molecule has 1 N–H and O–H groups in total. The van der Waals surface area contributed by atoms with Crippen LogP contribution in [0.15, 0.2) is 35.7 Å². The van der Waals surface area contributed by atoms with Crippen molar-refractivity contribution in [2.75, 3.05) is 13.1 Å². The van der Waals surface area contributed by atoms with Crippen molar-refractivity contribution in [1.29, 1.82) is 0 Å². The second-order valence-corrected chi connectivity index (χ2v) is 6.02. The van der Waals surface area contributed by atoms with Gasteiger partial charge in [0.15, 0.2) is 0 Å². The molecule has 1 saturated heterocycles. The average molecular weight is 284 g/mol. The van der Waals surface area contributed by atoms with Crippen LogP contribution in [0, 0.1) is 0 Å². The van der Waals surface area contributed by atoms with Crippen LogP contribution in [-0.2, 0) is 0 Å². The van der Waals surface area contributed by atoms with E-state index in [0.717, 1.165) is 36.7 Å². The molecule has 20 heavy (non-hydrogen) atoms. The fourth-order valence-electron chi connectivity index (χ4n) is 2.90. The van der Waals surface area contributed by atoms with Gasteiger partial charge in [-0.25, -0.2) is 0 Å². The van der Waals surface area contributed by atoms with E-state index in [0.29, 0.717) is 5.92 Å². The lowest BCUT2D eigenvalue weighted by molar-refractivity contribution is 0.443. The number of aromatic nitrogens is 3. The van der Waals surface area contributed by atoms with E-state index in [1.54, 1.807) is 11.3 Å². The molecule has 1 fully saturated rings. The summed E-state index contributed by atoms with van der Waals surface area (Å²) in [5.41, 5.74) is 2.44. The normalized spacial score (nSPS) is 16.8. The van der Waals surface area contributed by atoms with Gasteiger partial charge in [0.25, 0.3) is 0 Å². The molecule has 0 spiro atoms. The third kappa shape index (κ3) is 1.94. The van der Waals surface area contributed by atoms with Crippen molar-refractivity contribution in [2.45, 2.75) is 18.8 Å². The molecule has 1 aromatic carbocycles. The Morgan fingerprint density at radius 1 is 1.10 bits per heavy atom. The Kier molecular flexibility index (Phi) is 3.01. The molecule has 4 nitrogen and oxygen atoms in total. The number of thiazole rings is 1. The molecule has 1 aliphatic rings. The second-order valence-electron chi connectivity index (χ2n) is 5.19. The lowest BCUT2D eigenvalue weighted by Crippen LogP contribution is -2.27. The van der Waals surface area contributed by atoms with Crippen LogP contribution in [0.1, 0.15) is 24.6 Å². The summed E-state index contributed by atoms with van der Waals surface area (Å²) in [6.07, 6.45) is 2.29. The Labute approximate surface area is 121 Å². The summed E-state index contributed by atoms with van der Waals surface area (Å²) in [5, 5.41) is 14.4. The molecular weight excluding hydrogens is 268 g/mol. The molecule has 3 heterocycles. The zero-order valence-electron chi connectivity index (χ0n) is 11.1. The molecule has 5 heteroatoms. The maximum atomic E-state index is 4.46. The van der Waals surface area contributed by atoms with Crippen LogP contribution in [-0.4, -0.2) is 27.7 Å². The van der Waals surface area contributed by atoms with Gasteiger partial charge in [-0.2, -0.15) is 0 Å². The zero-order valence-corrected chi connectivity index (χ0v) is 11.9. The van der Waals surface area contributed by atoms with E-state index in [-0.39, 0.29) is 0 Å². The molecule has 0 saturated carbocycles. The standard InChI is InChI=1S/C15H16N4S/c1-2-4-11(5-3-1)13-10-20-15-18-17-14(19(13)15)12-6-8-16-9-7-12/h1-5,10,12,16H,6-9H2. The van der Waals surface area contributed by atoms with Gasteiger partial charge in [-0.1, -0.05) is 30.3 Å². The van der Waals surface area contributed by atoms with E-state index < -0.39 is 0 Å². The molecule has 0 bridgehead atoms. The van der Waals surface area contributed by atoms with Crippen LogP contribution in [0.2, 0.25) is 0 Å². The zero-order chi connectivity index (χ0) is 13.4. The maximum absolute atomic E-state index is 4.46. The van der Waals surface area contributed by atoms with Crippen LogP contribution in [0.5, 0.6) is 0 Å². The van der Waals surface area contributed by atoms with E-state index >= 15 is 0 Å². The molecule has 2 aromatic heterocycles. The molecule has 102 valence electrons. The van der Waals surface area contributed by atoms with Crippen LogP contribution in [0.25, 0.3) is 16.2 Å². The van der Waals surface area contributed by atoms with Gasteiger partial charge in [0, 0.05) is 11.3 Å². The van der Waals surface area contributed by atoms with E-state index in [1.165, 1.54) is 11.3 Å². The highest BCUT2D eigenvalue weighted by atomic mass is 32.1. The molecule has 0 radical (unpaired) electrons. The van der Waals surface area contributed by atoms with Gasteiger partial charge in [0.1, 0.15) is 5.82 Å². The number of nitrogens with zero attached hydrogens (tertiary/aromatic N) is 3. The quantitative estimate of drug-likeness (QED) is 0.787. The fraction of sp³-hybridized carbons (Fsp3) is 0.333. The Bertz CT molecular complexity index is 710. The molecular formula is C15H16N4S. The monoisotopic (exact) mass is 284 g/mol. The summed E-state index contributed by atoms with van der Waals surface area (Å²) in [6.45, 7) is 2.15. The van der Waals surface area contributed by atoms with Crippen molar-refractivity contribution >= 4 is 16.3 Å². The highest BCUT2D eigenvalue weighted by Crippen LogP contribution is 2.31. The molecule has 0 aliphatic carbocycles. The van der Waals surface area contributed by atoms with Crippen molar-refractivity contribution < 1.29 is 0 Å². The SMILES string of the molecule is c1ccc(-c2csc3nnc(C4CCNCC4)n23)cc1. The summed E-state index contributed by atoms with van der Waals surface area (Å²) in [4.78, 5) is 0.998.